The van der Waals surface area contributed by atoms with Crippen LogP contribution in [-0.2, 0) is 11.3 Å². The Morgan fingerprint density at radius 2 is 1.86 bits per heavy atom. The largest absolute Gasteiger partial charge is 0.496 e. The molecule has 0 saturated heterocycles. The molecular weight excluding hydrogens is 287 g/mol. The van der Waals surface area contributed by atoms with Gasteiger partial charge >= 0.3 is 5.97 Å². The van der Waals surface area contributed by atoms with Crippen LogP contribution in [0.15, 0.2) is 42.5 Å². The predicted molar refractivity (Wildman–Crippen MR) is 78.5 cm³/mol. The molecule has 0 unspecified atom stereocenters. The molecule has 2 aromatic rings. The number of ether oxygens (including phenoxy) is 2. The molecule has 0 spiro atoms. The fraction of sp³-hybridized carbons (Fsp3) is 0.176. The monoisotopic (exact) mass is 302 g/mol. The number of rotatable bonds is 5. The van der Waals surface area contributed by atoms with Crippen molar-refractivity contribution in [3.8, 4) is 5.75 Å². The molecule has 0 amide bonds. The number of ketones is 1. The van der Waals surface area contributed by atoms with E-state index in [1.54, 1.807) is 24.3 Å². The van der Waals surface area contributed by atoms with Crippen molar-refractivity contribution < 1.29 is 23.5 Å². The van der Waals surface area contributed by atoms with E-state index in [0.717, 1.165) is 0 Å². The number of esters is 1. The molecule has 0 aliphatic rings. The maximum Gasteiger partial charge on any atom is 0.341 e. The standard InChI is InChI=1S/C17H15FO4/c1-11(19)12-7-8-16(21-2)13(9-12)10-22-17(20)14-5-3-4-6-15(14)18/h3-9H,10H2,1-2H3. The van der Waals surface area contributed by atoms with Crippen LogP contribution in [0.4, 0.5) is 4.39 Å². The summed E-state index contributed by atoms with van der Waals surface area (Å²) in [5.74, 6) is -1.03. The van der Waals surface area contributed by atoms with Crippen molar-refractivity contribution in [2.45, 2.75) is 13.5 Å². The van der Waals surface area contributed by atoms with Crippen LogP contribution in [0.2, 0.25) is 0 Å². The second-order valence-corrected chi connectivity index (χ2v) is 4.64. The Labute approximate surface area is 127 Å². The Balaban J connectivity index is 2.17. The van der Waals surface area contributed by atoms with E-state index in [1.807, 2.05) is 0 Å². The van der Waals surface area contributed by atoms with E-state index in [2.05, 4.69) is 0 Å². The molecule has 5 heteroatoms. The number of methoxy groups -OCH3 is 1. The van der Waals surface area contributed by atoms with Crippen molar-refractivity contribution in [1.82, 2.24) is 0 Å². The summed E-state index contributed by atoms with van der Waals surface area (Å²) >= 11 is 0. The van der Waals surface area contributed by atoms with Gasteiger partial charge in [0.2, 0.25) is 0 Å². The molecule has 0 saturated carbocycles. The number of Topliss-reactive ketones (excluding diaryl/α,β-unsaturated/α-hetero) is 1. The van der Waals surface area contributed by atoms with Crippen molar-refractivity contribution >= 4 is 11.8 Å². The lowest BCUT2D eigenvalue weighted by atomic mass is 10.1. The Morgan fingerprint density at radius 3 is 2.50 bits per heavy atom. The molecule has 0 N–H and O–H groups in total. The van der Waals surface area contributed by atoms with E-state index in [1.165, 1.54) is 32.2 Å². The molecule has 0 fully saturated rings. The van der Waals surface area contributed by atoms with E-state index in [0.29, 0.717) is 16.9 Å². The van der Waals surface area contributed by atoms with E-state index in [4.69, 9.17) is 9.47 Å². The van der Waals surface area contributed by atoms with Crippen LogP contribution < -0.4 is 4.74 Å². The van der Waals surface area contributed by atoms with Gasteiger partial charge in [-0.25, -0.2) is 9.18 Å². The van der Waals surface area contributed by atoms with Gasteiger partial charge in [-0.05, 0) is 37.3 Å². The lowest BCUT2D eigenvalue weighted by Gasteiger charge is -2.11. The van der Waals surface area contributed by atoms with Gasteiger partial charge < -0.3 is 9.47 Å². The van der Waals surface area contributed by atoms with E-state index in [9.17, 15) is 14.0 Å². The number of hydrogen-bond acceptors (Lipinski definition) is 4. The molecule has 0 aromatic heterocycles. The lowest BCUT2D eigenvalue weighted by molar-refractivity contribution is 0.0465. The summed E-state index contributed by atoms with van der Waals surface area (Å²) in [6.07, 6.45) is 0. The SMILES string of the molecule is COc1ccc(C(C)=O)cc1COC(=O)c1ccccc1F. The van der Waals surface area contributed by atoms with Crippen LogP contribution >= 0.6 is 0 Å². The van der Waals surface area contributed by atoms with Gasteiger partial charge in [-0.15, -0.1) is 0 Å². The van der Waals surface area contributed by atoms with E-state index < -0.39 is 11.8 Å². The molecule has 2 rings (SSSR count). The highest BCUT2D eigenvalue weighted by molar-refractivity contribution is 5.94. The van der Waals surface area contributed by atoms with Crippen LogP contribution in [0.1, 0.15) is 33.2 Å². The van der Waals surface area contributed by atoms with Crippen molar-refractivity contribution in [2.75, 3.05) is 7.11 Å². The lowest BCUT2D eigenvalue weighted by Crippen LogP contribution is -2.08. The molecule has 114 valence electrons. The van der Waals surface area contributed by atoms with Gasteiger partial charge in [0, 0.05) is 11.1 Å². The molecule has 0 aliphatic carbocycles. The van der Waals surface area contributed by atoms with Gasteiger partial charge in [-0.3, -0.25) is 4.79 Å². The van der Waals surface area contributed by atoms with E-state index in [-0.39, 0.29) is 18.0 Å². The first kappa shape index (κ1) is 15.7. The Morgan fingerprint density at radius 1 is 1.14 bits per heavy atom. The van der Waals surface area contributed by atoms with Gasteiger partial charge in [0.1, 0.15) is 18.2 Å². The zero-order valence-corrected chi connectivity index (χ0v) is 12.3. The molecule has 0 heterocycles. The number of hydrogen-bond donors (Lipinski definition) is 0. The molecule has 0 aliphatic heterocycles. The highest BCUT2D eigenvalue weighted by atomic mass is 19.1. The minimum atomic E-state index is -0.770. The summed E-state index contributed by atoms with van der Waals surface area (Å²) in [5.41, 5.74) is 0.891. The molecule has 0 radical (unpaired) electrons. The van der Waals surface area contributed by atoms with E-state index >= 15 is 0 Å². The third-order valence-electron chi connectivity index (χ3n) is 3.14. The summed E-state index contributed by atoms with van der Waals surface area (Å²) < 4.78 is 23.8. The fourth-order valence-corrected chi connectivity index (χ4v) is 1.96. The van der Waals surface area contributed by atoms with Gasteiger partial charge in [-0.2, -0.15) is 0 Å². The highest BCUT2D eigenvalue weighted by Crippen LogP contribution is 2.22. The molecule has 0 atom stereocenters. The molecule has 4 nitrogen and oxygen atoms in total. The quantitative estimate of drug-likeness (QED) is 0.627. The fourth-order valence-electron chi connectivity index (χ4n) is 1.96. The average Bonchev–Trinajstić information content (AvgIpc) is 2.52. The van der Waals surface area contributed by atoms with Crippen LogP contribution in [-0.4, -0.2) is 18.9 Å². The van der Waals surface area contributed by atoms with Crippen LogP contribution in [0.5, 0.6) is 5.75 Å². The average molecular weight is 302 g/mol. The summed E-state index contributed by atoms with van der Waals surface area (Å²) in [4.78, 5) is 23.3. The van der Waals surface area contributed by atoms with Crippen molar-refractivity contribution in [1.29, 1.82) is 0 Å². The number of benzene rings is 2. The summed E-state index contributed by atoms with van der Waals surface area (Å²) in [6, 6.07) is 10.4. The topological polar surface area (TPSA) is 52.6 Å². The molecule has 2 aromatic carbocycles. The molecular formula is C17H15FO4. The smallest absolute Gasteiger partial charge is 0.341 e. The summed E-state index contributed by atoms with van der Waals surface area (Å²) in [7, 11) is 1.48. The van der Waals surface area contributed by atoms with Crippen LogP contribution in [0.3, 0.4) is 0 Å². The molecule has 22 heavy (non-hydrogen) atoms. The number of carbonyl (C=O) groups is 2. The number of halogens is 1. The van der Waals surface area contributed by atoms with Gasteiger partial charge in [0.05, 0.1) is 12.7 Å². The predicted octanol–water partition coefficient (Wildman–Crippen LogP) is 3.39. The first-order valence-corrected chi connectivity index (χ1v) is 6.62. The second-order valence-electron chi connectivity index (χ2n) is 4.64. The maximum absolute atomic E-state index is 13.5. The zero-order chi connectivity index (χ0) is 16.1. The normalized spacial score (nSPS) is 10.1. The van der Waals surface area contributed by atoms with Crippen molar-refractivity contribution in [2.24, 2.45) is 0 Å². The summed E-state index contributed by atoms with van der Waals surface area (Å²) in [5, 5.41) is 0. The highest BCUT2D eigenvalue weighted by Gasteiger charge is 2.14. The second kappa shape index (κ2) is 6.85. The van der Waals surface area contributed by atoms with Crippen molar-refractivity contribution in [3.63, 3.8) is 0 Å². The van der Waals surface area contributed by atoms with Crippen LogP contribution in [0.25, 0.3) is 0 Å². The first-order chi connectivity index (χ1) is 10.5. The third kappa shape index (κ3) is 3.49. The Kier molecular flexibility index (Phi) is 4.88. The first-order valence-electron chi connectivity index (χ1n) is 6.62. The molecule has 0 bridgehead atoms. The summed E-state index contributed by atoms with van der Waals surface area (Å²) in [6.45, 7) is 1.33. The van der Waals surface area contributed by atoms with Gasteiger partial charge in [0.25, 0.3) is 0 Å². The zero-order valence-electron chi connectivity index (χ0n) is 12.3. The van der Waals surface area contributed by atoms with Gasteiger partial charge in [0.15, 0.2) is 5.78 Å². The Bertz CT molecular complexity index is 710. The van der Waals surface area contributed by atoms with Crippen LogP contribution in [0, 0.1) is 5.82 Å². The Hall–Kier alpha value is -2.69. The maximum atomic E-state index is 13.5. The minimum absolute atomic E-state index is 0.107. The van der Waals surface area contributed by atoms with Crippen molar-refractivity contribution in [3.05, 3.63) is 65.0 Å². The third-order valence-corrected chi connectivity index (χ3v) is 3.14. The number of carbonyl (C=O) groups excluding carboxylic acids is 2. The van der Waals surface area contributed by atoms with Gasteiger partial charge in [-0.1, -0.05) is 12.1 Å². The minimum Gasteiger partial charge on any atom is -0.496 e.